The van der Waals surface area contributed by atoms with Gasteiger partial charge in [-0.3, -0.25) is 9.78 Å². The molecule has 0 aliphatic carbocycles. The van der Waals surface area contributed by atoms with Crippen LogP contribution in [0.1, 0.15) is 5.69 Å². The summed E-state index contributed by atoms with van der Waals surface area (Å²) in [6.45, 7) is 2.00. The highest BCUT2D eigenvalue weighted by atomic mass is 16.5. The second-order valence-electron chi connectivity index (χ2n) is 5.22. The Labute approximate surface area is 132 Å². The van der Waals surface area contributed by atoms with E-state index in [4.69, 9.17) is 4.52 Å². The van der Waals surface area contributed by atoms with Gasteiger partial charge in [0.05, 0.1) is 11.9 Å². The van der Waals surface area contributed by atoms with Crippen LogP contribution in [0.4, 0.5) is 0 Å². The number of nitrogens with one attached hydrogen (secondary N) is 1. The number of aryl methyl sites for hydroxylation is 1. The first-order valence-electron chi connectivity index (χ1n) is 7.16. The summed E-state index contributed by atoms with van der Waals surface area (Å²) in [6, 6.07) is 11.6. The third kappa shape index (κ3) is 2.32. The van der Waals surface area contributed by atoms with Crippen LogP contribution in [0.2, 0.25) is 0 Å². The fourth-order valence-corrected chi connectivity index (χ4v) is 2.36. The number of aromatic nitrogens is 6. The molecule has 0 amide bonds. The molecule has 3 aromatic heterocycles. The number of hydrogen-bond donors (Lipinski definition) is 1. The van der Waals surface area contributed by atoms with E-state index in [9.17, 15) is 0 Å². The highest BCUT2D eigenvalue weighted by molar-refractivity contribution is 5.66. The molecule has 4 rings (SSSR count). The fourth-order valence-electron chi connectivity index (χ4n) is 2.36. The highest BCUT2D eigenvalue weighted by Crippen LogP contribution is 2.26. The summed E-state index contributed by atoms with van der Waals surface area (Å²) in [6.07, 6.45) is 1.79. The second-order valence-corrected chi connectivity index (χ2v) is 5.22. The van der Waals surface area contributed by atoms with Crippen molar-refractivity contribution in [1.82, 2.24) is 30.1 Å². The lowest BCUT2D eigenvalue weighted by molar-refractivity contribution is 0.431. The minimum Gasteiger partial charge on any atom is -0.332 e. The minimum absolute atomic E-state index is 0.407. The predicted octanol–water partition coefficient (Wildman–Crippen LogP) is 2.84. The maximum atomic E-state index is 5.34. The van der Waals surface area contributed by atoms with Gasteiger partial charge >= 0.3 is 0 Å². The van der Waals surface area contributed by atoms with Gasteiger partial charge in [-0.05, 0) is 13.0 Å². The lowest BCUT2D eigenvalue weighted by atomic mass is 10.2. The number of aromatic amines is 1. The molecule has 3 heterocycles. The first kappa shape index (κ1) is 13.4. The summed E-state index contributed by atoms with van der Waals surface area (Å²) in [5.41, 5.74) is 4.39. The topological polar surface area (TPSA) is 85.4 Å². The normalized spacial score (nSPS) is 11.0. The van der Waals surface area contributed by atoms with Crippen molar-refractivity contribution >= 4 is 0 Å². The monoisotopic (exact) mass is 306 g/mol. The average molecular weight is 306 g/mol. The van der Waals surface area contributed by atoms with Gasteiger partial charge in [0.15, 0.2) is 0 Å². The molecule has 7 heteroatoms. The summed E-state index contributed by atoms with van der Waals surface area (Å²) in [4.78, 5) is 4.42. The molecule has 7 nitrogen and oxygen atoms in total. The Kier molecular flexibility index (Phi) is 3.04. The van der Waals surface area contributed by atoms with Gasteiger partial charge in [-0.15, -0.1) is 0 Å². The fraction of sp³-hybridized carbons (Fsp3) is 0.125. The van der Waals surface area contributed by atoms with Gasteiger partial charge < -0.3 is 4.52 Å². The molecule has 114 valence electrons. The largest absolute Gasteiger partial charge is 0.332 e. The van der Waals surface area contributed by atoms with Crippen LogP contribution in [-0.2, 0) is 7.05 Å². The molecule has 0 spiro atoms. The van der Waals surface area contributed by atoms with Gasteiger partial charge in [0.1, 0.15) is 5.69 Å². The Balaban J connectivity index is 1.68. The van der Waals surface area contributed by atoms with E-state index in [1.54, 1.807) is 6.20 Å². The lowest BCUT2D eigenvalue weighted by Gasteiger charge is -1.94. The molecule has 0 fully saturated rings. The van der Waals surface area contributed by atoms with E-state index in [2.05, 4.69) is 25.4 Å². The first-order chi connectivity index (χ1) is 11.2. The van der Waals surface area contributed by atoms with Gasteiger partial charge in [0.25, 0.3) is 5.89 Å². The zero-order chi connectivity index (χ0) is 15.8. The number of rotatable bonds is 3. The summed E-state index contributed by atoms with van der Waals surface area (Å²) in [5, 5.41) is 15.5. The standard InChI is InChI=1S/C16H14N6O/c1-10-12(9-17-22(10)2)13-8-14(20-19-13)16-18-15(21-23-16)11-6-4-3-5-7-11/h3-9H,1-2H3,(H,19,20). The zero-order valence-corrected chi connectivity index (χ0v) is 12.7. The SMILES string of the molecule is Cc1c(-c2cc(-c3nc(-c4ccccc4)no3)[nH]n2)cnn1C. The van der Waals surface area contributed by atoms with E-state index in [0.29, 0.717) is 17.4 Å². The predicted molar refractivity (Wildman–Crippen MR) is 84.3 cm³/mol. The van der Waals surface area contributed by atoms with Crippen molar-refractivity contribution in [2.75, 3.05) is 0 Å². The molecule has 0 saturated heterocycles. The van der Waals surface area contributed by atoms with Crippen molar-refractivity contribution in [3.63, 3.8) is 0 Å². The maximum Gasteiger partial charge on any atom is 0.276 e. The lowest BCUT2D eigenvalue weighted by Crippen LogP contribution is -1.92. The molecule has 0 bridgehead atoms. The number of H-pyrrole nitrogens is 1. The summed E-state index contributed by atoms with van der Waals surface area (Å²) in [5.74, 6) is 0.957. The van der Waals surface area contributed by atoms with Crippen LogP contribution in [0, 0.1) is 6.92 Å². The van der Waals surface area contributed by atoms with Crippen molar-refractivity contribution < 1.29 is 4.52 Å². The molecular weight excluding hydrogens is 292 g/mol. The van der Waals surface area contributed by atoms with Crippen molar-refractivity contribution in [1.29, 1.82) is 0 Å². The molecule has 4 aromatic rings. The van der Waals surface area contributed by atoms with E-state index in [-0.39, 0.29) is 0 Å². The molecule has 0 aliphatic heterocycles. The zero-order valence-electron chi connectivity index (χ0n) is 12.7. The number of benzene rings is 1. The first-order valence-corrected chi connectivity index (χ1v) is 7.16. The van der Waals surface area contributed by atoms with Crippen molar-refractivity contribution in [3.05, 3.63) is 48.3 Å². The second kappa shape index (κ2) is 5.20. The van der Waals surface area contributed by atoms with E-state index >= 15 is 0 Å². The third-order valence-electron chi connectivity index (χ3n) is 3.78. The molecule has 23 heavy (non-hydrogen) atoms. The Morgan fingerprint density at radius 1 is 1.17 bits per heavy atom. The van der Waals surface area contributed by atoms with Gasteiger partial charge in [0.2, 0.25) is 5.82 Å². The summed E-state index contributed by atoms with van der Waals surface area (Å²) < 4.78 is 7.15. The Hall–Kier alpha value is -3.22. The molecule has 1 aromatic carbocycles. The average Bonchev–Trinajstić information content (AvgIpc) is 3.29. The van der Waals surface area contributed by atoms with Crippen molar-refractivity contribution in [3.8, 4) is 34.2 Å². The Morgan fingerprint density at radius 2 is 2.00 bits per heavy atom. The quantitative estimate of drug-likeness (QED) is 0.629. The van der Waals surface area contributed by atoms with Gasteiger partial charge in [-0.25, -0.2) is 0 Å². The van der Waals surface area contributed by atoms with E-state index in [0.717, 1.165) is 22.5 Å². The summed E-state index contributed by atoms with van der Waals surface area (Å²) in [7, 11) is 1.90. The van der Waals surface area contributed by atoms with Gasteiger partial charge in [0, 0.05) is 23.9 Å². The molecule has 0 atom stereocenters. The van der Waals surface area contributed by atoms with E-state index in [1.807, 2.05) is 55.1 Å². The highest BCUT2D eigenvalue weighted by Gasteiger charge is 2.15. The number of hydrogen-bond acceptors (Lipinski definition) is 5. The van der Waals surface area contributed by atoms with Crippen LogP contribution in [0.25, 0.3) is 34.2 Å². The van der Waals surface area contributed by atoms with Crippen LogP contribution in [0.15, 0.2) is 47.1 Å². The van der Waals surface area contributed by atoms with Crippen LogP contribution in [0.3, 0.4) is 0 Å². The van der Waals surface area contributed by atoms with E-state index in [1.165, 1.54) is 0 Å². The maximum absolute atomic E-state index is 5.34. The van der Waals surface area contributed by atoms with Gasteiger partial charge in [-0.2, -0.15) is 15.2 Å². The number of nitrogens with zero attached hydrogens (tertiary/aromatic N) is 5. The Bertz CT molecular complexity index is 950. The van der Waals surface area contributed by atoms with E-state index < -0.39 is 0 Å². The smallest absolute Gasteiger partial charge is 0.276 e. The molecular formula is C16H14N6O. The molecule has 0 aliphatic rings. The molecule has 0 saturated carbocycles. The third-order valence-corrected chi connectivity index (χ3v) is 3.78. The van der Waals surface area contributed by atoms with Gasteiger partial charge in [-0.1, -0.05) is 35.5 Å². The van der Waals surface area contributed by atoms with Crippen LogP contribution in [0.5, 0.6) is 0 Å². The Morgan fingerprint density at radius 3 is 2.74 bits per heavy atom. The molecule has 0 radical (unpaired) electrons. The minimum atomic E-state index is 0.407. The molecule has 0 unspecified atom stereocenters. The van der Waals surface area contributed by atoms with Crippen LogP contribution >= 0.6 is 0 Å². The summed E-state index contributed by atoms with van der Waals surface area (Å²) >= 11 is 0. The van der Waals surface area contributed by atoms with Crippen LogP contribution < -0.4 is 0 Å². The van der Waals surface area contributed by atoms with Crippen molar-refractivity contribution in [2.24, 2.45) is 7.05 Å². The molecule has 1 N–H and O–H groups in total. The van der Waals surface area contributed by atoms with Crippen molar-refractivity contribution in [2.45, 2.75) is 6.92 Å². The van der Waals surface area contributed by atoms with Crippen LogP contribution in [-0.4, -0.2) is 30.1 Å².